The van der Waals surface area contributed by atoms with Crippen LogP contribution in [-0.2, 0) is 20.7 Å². The highest BCUT2D eigenvalue weighted by molar-refractivity contribution is 5.95. The first-order chi connectivity index (χ1) is 8.20. The van der Waals surface area contributed by atoms with E-state index in [0.29, 0.717) is 6.42 Å². The second-order valence-electron chi connectivity index (χ2n) is 4.07. The van der Waals surface area contributed by atoms with Gasteiger partial charge in [0.2, 0.25) is 5.91 Å². The summed E-state index contributed by atoms with van der Waals surface area (Å²) < 4.78 is 4.60. The molecule has 1 saturated heterocycles. The van der Waals surface area contributed by atoms with Gasteiger partial charge in [-0.2, -0.15) is 0 Å². The normalized spacial score (nSPS) is 15.1. The molecule has 1 heterocycles. The molecule has 0 saturated carbocycles. The molecular formula is C13H15NO3. The lowest BCUT2D eigenvalue weighted by Gasteiger charge is -2.15. The van der Waals surface area contributed by atoms with Gasteiger partial charge in [-0.15, -0.1) is 0 Å². The molecular weight excluding hydrogens is 218 g/mol. The van der Waals surface area contributed by atoms with Gasteiger partial charge in [-0.25, -0.2) is 0 Å². The Morgan fingerprint density at radius 3 is 2.59 bits per heavy atom. The highest BCUT2D eigenvalue weighted by Gasteiger charge is 2.21. The monoisotopic (exact) mass is 233 g/mol. The molecule has 0 unspecified atom stereocenters. The number of nitrogens with zero attached hydrogens (tertiary/aromatic N) is 1. The van der Waals surface area contributed by atoms with E-state index in [4.69, 9.17) is 0 Å². The molecule has 17 heavy (non-hydrogen) atoms. The Kier molecular flexibility index (Phi) is 3.42. The number of carbonyl (C=O) groups excluding carboxylic acids is 2. The maximum atomic E-state index is 11.5. The van der Waals surface area contributed by atoms with Crippen LogP contribution in [0.3, 0.4) is 0 Å². The van der Waals surface area contributed by atoms with Crippen molar-refractivity contribution in [2.45, 2.75) is 19.3 Å². The van der Waals surface area contributed by atoms with Gasteiger partial charge in [-0.05, 0) is 24.1 Å². The van der Waals surface area contributed by atoms with Crippen molar-refractivity contribution in [2.24, 2.45) is 0 Å². The molecule has 0 bridgehead atoms. The predicted octanol–water partition coefficient (Wildman–Crippen LogP) is 1.53. The van der Waals surface area contributed by atoms with Gasteiger partial charge >= 0.3 is 5.97 Å². The number of ether oxygens (including phenoxy) is 1. The minimum atomic E-state index is -0.255. The molecule has 4 heteroatoms. The number of esters is 1. The Balaban J connectivity index is 2.07. The van der Waals surface area contributed by atoms with Crippen LogP contribution >= 0.6 is 0 Å². The zero-order valence-corrected chi connectivity index (χ0v) is 9.81. The first-order valence-corrected chi connectivity index (χ1v) is 5.67. The summed E-state index contributed by atoms with van der Waals surface area (Å²) in [6.07, 6.45) is 1.82. The third kappa shape index (κ3) is 2.64. The third-order valence-electron chi connectivity index (χ3n) is 2.90. The Hall–Kier alpha value is -1.84. The fourth-order valence-electron chi connectivity index (χ4n) is 1.95. The van der Waals surface area contributed by atoms with Gasteiger partial charge in [-0.3, -0.25) is 9.59 Å². The topological polar surface area (TPSA) is 46.6 Å². The van der Waals surface area contributed by atoms with Crippen molar-refractivity contribution in [3.05, 3.63) is 29.8 Å². The lowest BCUT2D eigenvalue weighted by molar-refractivity contribution is -0.139. The molecule has 1 amide bonds. The number of amides is 1. The second kappa shape index (κ2) is 4.99. The SMILES string of the molecule is COC(=O)Cc1ccc(N2CCCC2=O)cc1. The molecule has 1 aromatic rings. The summed E-state index contributed by atoms with van der Waals surface area (Å²) in [6.45, 7) is 0.787. The fourth-order valence-corrected chi connectivity index (χ4v) is 1.95. The van der Waals surface area contributed by atoms with E-state index in [9.17, 15) is 9.59 Å². The lowest BCUT2D eigenvalue weighted by Crippen LogP contribution is -2.23. The molecule has 0 spiro atoms. The van der Waals surface area contributed by atoms with Crippen LogP contribution < -0.4 is 4.90 Å². The lowest BCUT2D eigenvalue weighted by atomic mass is 10.1. The van der Waals surface area contributed by atoms with Crippen molar-refractivity contribution in [2.75, 3.05) is 18.6 Å². The number of anilines is 1. The van der Waals surface area contributed by atoms with Gasteiger partial charge in [0.05, 0.1) is 13.5 Å². The summed E-state index contributed by atoms with van der Waals surface area (Å²) in [5, 5.41) is 0. The van der Waals surface area contributed by atoms with Gasteiger partial charge in [0.15, 0.2) is 0 Å². The smallest absolute Gasteiger partial charge is 0.309 e. The van der Waals surface area contributed by atoms with Crippen molar-refractivity contribution in [3.63, 3.8) is 0 Å². The van der Waals surface area contributed by atoms with Crippen molar-refractivity contribution < 1.29 is 14.3 Å². The molecule has 0 atom stereocenters. The zero-order valence-electron chi connectivity index (χ0n) is 9.81. The summed E-state index contributed by atoms with van der Waals surface area (Å²) in [7, 11) is 1.37. The van der Waals surface area contributed by atoms with Crippen LogP contribution in [0.5, 0.6) is 0 Å². The van der Waals surface area contributed by atoms with Crippen LogP contribution in [0.4, 0.5) is 5.69 Å². The van der Waals surface area contributed by atoms with Gasteiger partial charge in [0.25, 0.3) is 0 Å². The van der Waals surface area contributed by atoms with Crippen molar-refractivity contribution >= 4 is 17.6 Å². The first kappa shape index (κ1) is 11.6. The van der Waals surface area contributed by atoms with E-state index < -0.39 is 0 Å². The highest BCUT2D eigenvalue weighted by atomic mass is 16.5. The van der Waals surface area contributed by atoms with E-state index >= 15 is 0 Å². The number of rotatable bonds is 3. The van der Waals surface area contributed by atoms with E-state index in [1.54, 1.807) is 4.90 Å². The molecule has 0 aromatic heterocycles. The van der Waals surface area contributed by atoms with Crippen LogP contribution in [0, 0.1) is 0 Å². The summed E-state index contributed by atoms with van der Waals surface area (Å²) in [5.74, 6) is -0.0827. The standard InChI is InChI=1S/C13H15NO3/c1-17-13(16)9-10-4-6-11(7-5-10)14-8-2-3-12(14)15/h4-7H,2-3,8-9H2,1H3. The third-order valence-corrected chi connectivity index (χ3v) is 2.90. The van der Waals surface area contributed by atoms with E-state index in [1.807, 2.05) is 24.3 Å². The predicted molar refractivity (Wildman–Crippen MR) is 63.7 cm³/mol. The Morgan fingerprint density at radius 2 is 2.06 bits per heavy atom. The molecule has 0 radical (unpaired) electrons. The van der Waals surface area contributed by atoms with Crippen LogP contribution in [0.25, 0.3) is 0 Å². The number of carbonyl (C=O) groups is 2. The Bertz CT molecular complexity index is 425. The van der Waals surface area contributed by atoms with Gasteiger partial charge in [0.1, 0.15) is 0 Å². The maximum absolute atomic E-state index is 11.5. The molecule has 1 fully saturated rings. The fraction of sp³-hybridized carbons (Fsp3) is 0.385. The van der Waals surface area contributed by atoms with Gasteiger partial charge in [0, 0.05) is 18.7 Å². The Labute approximate surface area is 100 Å². The average Bonchev–Trinajstić information content (AvgIpc) is 2.76. The van der Waals surface area contributed by atoms with Crippen LogP contribution in [-0.4, -0.2) is 25.5 Å². The van der Waals surface area contributed by atoms with E-state index in [-0.39, 0.29) is 18.3 Å². The van der Waals surface area contributed by atoms with Crippen molar-refractivity contribution in [1.82, 2.24) is 0 Å². The average molecular weight is 233 g/mol. The van der Waals surface area contributed by atoms with Gasteiger partial charge in [-0.1, -0.05) is 12.1 Å². The largest absolute Gasteiger partial charge is 0.469 e. The molecule has 4 nitrogen and oxygen atoms in total. The van der Waals surface area contributed by atoms with E-state index in [0.717, 1.165) is 24.2 Å². The van der Waals surface area contributed by atoms with Crippen molar-refractivity contribution in [3.8, 4) is 0 Å². The molecule has 1 aliphatic heterocycles. The van der Waals surface area contributed by atoms with E-state index in [1.165, 1.54) is 7.11 Å². The van der Waals surface area contributed by atoms with Crippen LogP contribution in [0.15, 0.2) is 24.3 Å². The quantitative estimate of drug-likeness (QED) is 0.744. The van der Waals surface area contributed by atoms with Crippen LogP contribution in [0.2, 0.25) is 0 Å². The molecule has 90 valence electrons. The highest BCUT2D eigenvalue weighted by Crippen LogP contribution is 2.21. The molecule has 2 rings (SSSR count). The number of benzene rings is 1. The van der Waals surface area contributed by atoms with E-state index in [2.05, 4.69) is 4.74 Å². The molecule has 1 aliphatic rings. The maximum Gasteiger partial charge on any atom is 0.309 e. The zero-order chi connectivity index (χ0) is 12.3. The number of hydrogen-bond acceptors (Lipinski definition) is 3. The molecule has 1 aromatic carbocycles. The number of hydrogen-bond donors (Lipinski definition) is 0. The first-order valence-electron chi connectivity index (χ1n) is 5.67. The van der Waals surface area contributed by atoms with Gasteiger partial charge < -0.3 is 9.64 Å². The summed E-state index contributed by atoms with van der Waals surface area (Å²) in [6, 6.07) is 7.47. The summed E-state index contributed by atoms with van der Waals surface area (Å²) >= 11 is 0. The molecule has 0 aliphatic carbocycles. The number of methoxy groups -OCH3 is 1. The second-order valence-corrected chi connectivity index (χ2v) is 4.07. The summed E-state index contributed by atoms with van der Waals surface area (Å²) in [5.41, 5.74) is 1.80. The Morgan fingerprint density at radius 1 is 1.35 bits per heavy atom. The minimum absolute atomic E-state index is 0.172. The van der Waals surface area contributed by atoms with Crippen molar-refractivity contribution in [1.29, 1.82) is 0 Å². The van der Waals surface area contributed by atoms with Crippen LogP contribution in [0.1, 0.15) is 18.4 Å². The summed E-state index contributed by atoms with van der Waals surface area (Å²) in [4.78, 5) is 24.4. The minimum Gasteiger partial charge on any atom is -0.469 e. The molecule has 0 N–H and O–H groups in total.